The molecule has 0 N–H and O–H groups in total. The number of nitrogens with zero attached hydrogens (tertiary/aromatic N) is 4. The summed E-state index contributed by atoms with van der Waals surface area (Å²) in [6, 6.07) is 34.7. The van der Waals surface area contributed by atoms with Gasteiger partial charge in [-0.25, -0.2) is 14.1 Å². The van der Waals surface area contributed by atoms with Crippen LogP contribution in [-0.4, -0.2) is 18.7 Å². The van der Waals surface area contributed by atoms with E-state index in [0.717, 1.165) is 27.8 Å². The smallest absolute Gasteiger partial charge is 0.188 e. The molecule has 4 aromatic carbocycles. The summed E-state index contributed by atoms with van der Waals surface area (Å²) in [7, 11) is 0. The normalized spacial score (nSPS) is 13.4. The summed E-state index contributed by atoms with van der Waals surface area (Å²) >= 11 is 0. The predicted molar refractivity (Wildman–Crippen MR) is 180 cm³/mol. The molecule has 0 spiro atoms. The fourth-order valence-corrected chi connectivity index (χ4v) is 5.96. The minimum atomic E-state index is -2.32. The molecule has 0 aliphatic heterocycles. The maximum absolute atomic E-state index is 8.03. The van der Waals surface area contributed by atoms with Crippen LogP contribution in [-0.2, 0) is 38.9 Å². The van der Waals surface area contributed by atoms with Gasteiger partial charge in [0.1, 0.15) is 5.82 Å². The SMILES string of the molecule is [2H]C([2H])([2H])n1[cH+]n(-c2[c-]c(Oc3[c-]c4c(cc3)c3c(C(C)(C)C)cccc3n4-c3cc(C(C)(C)C)ccn3)ccc2)c2ccccc21.[Pt]. The van der Waals surface area contributed by atoms with Crippen molar-refractivity contribution in [3.63, 3.8) is 0 Å². The molecule has 0 unspecified atom stereocenters. The minimum Gasteiger partial charge on any atom is -0.508 e. The van der Waals surface area contributed by atoms with Crippen molar-refractivity contribution < 1.29 is 29.9 Å². The largest absolute Gasteiger partial charge is 0.508 e. The van der Waals surface area contributed by atoms with Gasteiger partial charge in [0, 0.05) is 73.2 Å². The molecule has 0 saturated heterocycles. The van der Waals surface area contributed by atoms with Gasteiger partial charge in [-0.2, -0.15) is 12.1 Å². The molecule has 0 atom stereocenters. The van der Waals surface area contributed by atoms with Crippen molar-refractivity contribution in [3.8, 4) is 23.0 Å². The van der Waals surface area contributed by atoms with Crippen molar-refractivity contribution in [1.82, 2.24) is 18.7 Å². The van der Waals surface area contributed by atoms with E-state index in [0.29, 0.717) is 22.7 Å². The van der Waals surface area contributed by atoms with Crippen LogP contribution in [0.15, 0.2) is 97.5 Å². The Morgan fingerprint density at radius 1 is 0.778 bits per heavy atom. The first kappa shape index (κ1) is 27.1. The molecule has 0 amide bonds. The molecule has 7 rings (SSSR count). The van der Waals surface area contributed by atoms with Crippen molar-refractivity contribution in [1.29, 1.82) is 0 Å². The van der Waals surface area contributed by atoms with Gasteiger partial charge in [0.15, 0.2) is 17.4 Å². The van der Waals surface area contributed by atoms with Crippen molar-refractivity contribution in [2.24, 2.45) is 6.98 Å². The summed E-state index contributed by atoms with van der Waals surface area (Å²) in [5, 5.41) is 2.25. The monoisotopic (exact) mass is 775 g/mol. The van der Waals surface area contributed by atoms with E-state index in [1.165, 1.54) is 21.1 Å². The Kier molecular flexibility index (Phi) is 6.81. The number of hydrogen-bond acceptors (Lipinski definition) is 2. The van der Waals surface area contributed by atoms with E-state index in [2.05, 4.69) is 94.6 Å². The van der Waals surface area contributed by atoms with Crippen LogP contribution >= 0.6 is 0 Å². The van der Waals surface area contributed by atoms with E-state index in [1.807, 2.05) is 53.2 Å². The van der Waals surface area contributed by atoms with Gasteiger partial charge in [0.05, 0.1) is 0 Å². The molecule has 5 nitrogen and oxygen atoms in total. The van der Waals surface area contributed by atoms with Crippen LogP contribution in [0, 0.1) is 12.1 Å². The van der Waals surface area contributed by atoms with E-state index < -0.39 is 6.98 Å². The topological polar surface area (TPSA) is 36.9 Å². The summed E-state index contributed by atoms with van der Waals surface area (Å²) in [5.74, 6) is 1.85. The maximum atomic E-state index is 8.03. The first-order chi connectivity index (χ1) is 22.2. The van der Waals surface area contributed by atoms with Gasteiger partial charge in [-0.1, -0.05) is 65.3 Å². The van der Waals surface area contributed by atoms with Gasteiger partial charge in [0.2, 0.25) is 0 Å². The van der Waals surface area contributed by atoms with Crippen LogP contribution in [0.2, 0.25) is 0 Å². The van der Waals surface area contributed by atoms with Gasteiger partial charge in [-0.3, -0.25) is 0 Å². The molecule has 7 aromatic rings. The van der Waals surface area contributed by atoms with Crippen molar-refractivity contribution in [3.05, 3.63) is 121 Å². The molecule has 45 heavy (non-hydrogen) atoms. The summed E-state index contributed by atoms with van der Waals surface area (Å²) in [4.78, 5) is 4.84. The van der Waals surface area contributed by atoms with Gasteiger partial charge in [-0.05, 0) is 57.7 Å². The molecule has 3 heterocycles. The number of pyridine rings is 1. The third-order valence-corrected chi connectivity index (χ3v) is 8.19. The minimum absolute atomic E-state index is 0. The second-order valence-corrected chi connectivity index (χ2v) is 13.4. The van der Waals surface area contributed by atoms with E-state index in [-0.39, 0.29) is 31.9 Å². The zero-order valence-corrected chi connectivity index (χ0v) is 28.5. The number of benzene rings is 4. The molecule has 0 bridgehead atoms. The van der Waals surface area contributed by atoms with Crippen molar-refractivity contribution in [2.75, 3.05) is 0 Å². The second kappa shape index (κ2) is 11.3. The Labute approximate surface area is 283 Å². The van der Waals surface area contributed by atoms with Gasteiger partial charge < -0.3 is 9.30 Å². The molecule has 230 valence electrons. The van der Waals surface area contributed by atoms with E-state index >= 15 is 0 Å². The molecule has 3 aromatic heterocycles. The Morgan fingerprint density at radius 2 is 1.51 bits per heavy atom. The van der Waals surface area contributed by atoms with E-state index in [1.54, 1.807) is 12.4 Å². The standard InChI is InChI=1S/C39H37N4O.Pt/c1-38(2,3)26-20-21-40-36(22-26)43-34-17-11-14-31(39(4,5)6)37(34)30-19-18-29(24-35(30)43)44-28-13-10-12-27(23-28)42-25-41(7)32-15-8-9-16-33(32)42;/h8-22,25H,1-7H3;/q-1;/i7D3;. The Hall–Kier alpha value is -4.21. The molecular formula is C39H37N4OPt-. The Morgan fingerprint density at radius 3 is 2.27 bits per heavy atom. The van der Waals surface area contributed by atoms with Crippen LogP contribution in [0.25, 0.3) is 44.3 Å². The molecule has 0 saturated carbocycles. The zero-order valence-electron chi connectivity index (χ0n) is 29.3. The van der Waals surface area contributed by atoms with Crippen LogP contribution in [0.3, 0.4) is 0 Å². The summed E-state index contributed by atoms with van der Waals surface area (Å²) in [5.41, 5.74) is 6.29. The predicted octanol–water partition coefficient (Wildman–Crippen LogP) is 9.73. The van der Waals surface area contributed by atoms with Crippen LogP contribution in [0.4, 0.5) is 0 Å². The van der Waals surface area contributed by atoms with Gasteiger partial charge in [0.25, 0.3) is 0 Å². The second-order valence-electron chi connectivity index (χ2n) is 13.4. The fourth-order valence-electron chi connectivity index (χ4n) is 5.96. The number of aryl methyl sites for hydroxylation is 1. The number of imidazole rings is 1. The van der Waals surface area contributed by atoms with Crippen molar-refractivity contribution >= 4 is 32.8 Å². The molecular weight excluding hydrogens is 736 g/mol. The third-order valence-electron chi connectivity index (χ3n) is 8.19. The van der Waals surface area contributed by atoms with E-state index in [9.17, 15) is 0 Å². The van der Waals surface area contributed by atoms with Gasteiger partial charge in [-0.15, -0.1) is 29.7 Å². The number of aromatic nitrogens is 4. The Balaban J connectivity index is 0.00000401. The van der Waals surface area contributed by atoms with Crippen LogP contribution < -0.4 is 4.74 Å². The van der Waals surface area contributed by atoms with Crippen molar-refractivity contribution in [2.45, 2.75) is 52.4 Å². The average molecular weight is 776 g/mol. The third kappa shape index (κ3) is 5.48. The quantitative estimate of drug-likeness (QED) is 0.167. The molecule has 0 aliphatic carbocycles. The number of fused-ring (bicyclic) bond motifs is 4. The molecule has 6 heteroatoms. The summed E-state index contributed by atoms with van der Waals surface area (Å²) in [6.45, 7) is 11.0. The summed E-state index contributed by atoms with van der Waals surface area (Å²) < 4.78 is 35.8. The zero-order chi connectivity index (χ0) is 33.3. The molecule has 0 aliphatic rings. The molecule has 0 radical (unpaired) electrons. The van der Waals surface area contributed by atoms with Crippen LogP contribution in [0.1, 0.15) is 56.8 Å². The molecule has 0 fully saturated rings. The first-order valence-electron chi connectivity index (χ1n) is 16.4. The van der Waals surface area contributed by atoms with E-state index in [4.69, 9.17) is 13.8 Å². The number of ether oxygens (including phenoxy) is 1. The number of para-hydroxylation sites is 2. The first-order valence-corrected chi connectivity index (χ1v) is 14.9. The van der Waals surface area contributed by atoms with Gasteiger partial charge >= 0.3 is 0 Å². The average Bonchev–Trinajstić information content (AvgIpc) is 3.57. The number of rotatable bonds is 4. The van der Waals surface area contributed by atoms with Crippen LogP contribution in [0.5, 0.6) is 11.5 Å². The number of hydrogen-bond donors (Lipinski definition) is 0. The summed E-state index contributed by atoms with van der Waals surface area (Å²) in [6.07, 6.45) is 3.47. The maximum Gasteiger partial charge on any atom is 0.188 e. The Bertz CT molecular complexity index is 2310. The fraction of sp³-hybridized carbons (Fsp3) is 0.231.